The number of rotatable bonds is 4. The third kappa shape index (κ3) is 4.33. The first kappa shape index (κ1) is 21.8. The molecule has 0 bridgehead atoms. The highest BCUT2D eigenvalue weighted by atomic mass is 79.9. The maximum absolute atomic E-state index is 13.6. The van der Waals surface area contributed by atoms with Gasteiger partial charge in [-0.2, -0.15) is 0 Å². The zero-order valence-corrected chi connectivity index (χ0v) is 20.0. The Morgan fingerprint density at radius 1 is 1.16 bits per heavy atom. The number of ketones is 1. The summed E-state index contributed by atoms with van der Waals surface area (Å²) in [6, 6.07) is 15.4. The van der Waals surface area contributed by atoms with E-state index in [2.05, 4.69) is 42.0 Å². The fraction of sp³-hybridized carbons (Fsp3) is 0.385. The summed E-state index contributed by atoms with van der Waals surface area (Å²) < 4.78 is 0.933. The van der Waals surface area contributed by atoms with Crippen molar-refractivity contribution in [2.45, 2.75) is 58.9 Å². The lowest BCUT2D eigenvalue weighted by Gasteiger charge is -2.37. The summed E-state index contributed by atoms with van der Waals surface area (Å²) in [4.78, 5) is 29.0. The van der Waals surface area contributed by atoms with Crippen LogP contribution in [0.1, 0.15) is 64.5 Å². The van der Waals surface area contributed by atoms with Crippen LogP contribution in [0, 0.1) is 5.41 Å². The van der Waals surface area contributed by atoms with Crippen LogP contribution in [0.5, 0.6) is 0 Å². The van der Waals surface area contributed by atoms with Crippen LogP contribution in [-0.4, -0.2) is 11.7 Å². The Balaban J connectivity index is 1.97. The molecule has 0 saturated carbocycles. The lowest BCUT2D eigenvalue weighted by Crippen LogP contribution is -2.39. The molecule has 5 heteroatoms. The molecular weight excluding hydrogens is 452 g/mol. The molecule has 4 rings (SSSR count). The first-order valence-electron chi connectivity index (χ1n) is 11.0. The number of hydrogen-bond donors (Lipinski definition) is 1. The zero-order valence-electron chi connectivity index (χ0n) is 18.4. The fourth-order valence-corrected chi connectivity index (χ4v) is 5.12. The Bertz CT molecular complexity index is 1060. The average molecular weight is 481 g/mol. The fourth-order valence-electron chi connectivity index (χ4n) is 4.70. The number of carbonyl (C=O) groups excluding carboxylic acids is 2. The number of amides is 1. The highest BCUT2D eigenvalue weighted by Crippen LogP contribution is 2.48. The lowest BCUT2D eigenvalue weighted by atomic mass is 9.73. The summed E-state index contributed by atoms with van der Waals surface area (Å²) in [6.45, 7) is 6.35. The van der Waals surface area contributed by atoms with E-state index in [4.69, 9.17) is 0 Å². The van der Waals surface area contributed by atoms with Crippen molar-refractivity contribution in [1.82, 2.24) is 0 Å². The number of unbranched alkanes of at least 4 members (excludes halogenated alkanes) is 1. The second-order valence-corrected chi connectivity index (χ2v) is 10.2. The molecule has 0 radical (unpaired) electrons. The molecule has 0 fully saturated rings. The first-order chi connectivity index (χ1) is 14.8. The Morgan fingerprint density at radius 3 is 2.68 bits per heavy atom. The van der Waals surface area contributed by atoms with Gasteiger partial charge in [0.25, 0.3) is 0 Å². The molecule has 1 amide bonds. The molecule has 1 atom stereocenters. The predicted molar refractivity (Wildman–Crippen MR) is 129 cm³/mol. The summed E-state index contributed by atoms with van der Waals surface area (Å²) in [6.07, 6.45) is 3.47. The molecule has 1 aliphatic carbocycles. The van der Waals surface area contributed by atoms with Gasteiger partial charge in [0, 0.05) is 28.6 Å². The van der Waals surface area contributed by atoms with Crippen molar-refractivity contribution in [1.29, 1.82) is 0 Å². The minimum atomic E-state index is -0.448. The summed E-state index contributed by atoms with van der Waals surface area (Å²) in [7, 11) is 0. The van der Waals surface area contributed by atoms with Gasteiger partial charge in [0.15, 0.2) is 5.78 Å². The molecule has 0 unspecified atom stereocenters. The minimum absolute atomic E-state index is 0.0486. The maximum atomic E-state index is 13.6. The molecule has 1 N–H and O–H groups in total. The van der Waals surface area contributed by atoms with Crippen LogP contribution >= 0.6 is 15.9 Å². The molecule has 0 spiro atoms. The van der Waals surface area contributed by atoms with Crippen LogP contribution in [0.25, 0.3) is 0 Å². The summed E-state index contributed by atoms with van der Waals surface area (Å²) in [5.74, 6) is 0.164. The van der Waals surface area contributed by atoms with E-state index in [1.807, 2.05) is 53.4 Å². The van der Waals surface area contributed by atoms with Crippen molar-refractivity contribution in [3.63, 3.8) is 0 Å². The highest BCUT2D eigenvalue weighted by Gasteiger charge is 2.43. The van der Waals surface area contributed by atoms with Crippen molar-refractivity contribution in [2.24, 2.45) is 5.41 Å². The van der Waals surface area contributed by atoms with Crippen LogP contribution in [0.3, 0.4) is 0 Å². The smallest absolute Gasteiger partial charge is 0.227 e. The quantitative estimate of drug-likeness (QED) is 0.524. The Labute approximate surface area is 192 Å². The molecule has 0 aromatic heterocycles. The van der Waals surface area contributed by atoms with Gasteiger partial charge in [-0.1, -0.05) is 67.4 Å². The van der Waals surface area contributed by atoms with Crippen LogP contribution in [0.2, 0.25) is 0 Å². The largest absolute Gasteiger partial charge is 0.357 e. The summed E-state index contributed by atoms with van der Waals surface area (Å²) >= 11 is 3.58. The summed E-state index contributed by atoms with van der Waals surface area (Å²) in [5.41, 5.74) is 4.18. The number of carbonyl (C=O) groups is 2. The molecular formula is C26H29BrN2O2. The zero-order chi connectivity index (χ0) is 22.2. The van der Waals surface area contributed by atoms with E-state index in [1.165, 1.54) is 0 Å². The van der Waals surface area contributed by atoms with Crippen molar-refractivity contribution < 1.29 is 9.59 Å². The van der Waals surface area contributed by atoms with Crippen LogP contribution in [0.15, 0.2) is 64.3 Å². The topological polar surface area (TPSA) is 49.4 Å². The van der Waals surface area contributed by atoms with E-state index in [0.717, 1.165) is 51.9 Å². The van der Waals surface area contributed by atoms with Gasteiger partial charge in [-0.3, -0.25) is 14.5 Å². The summed E-state index contributed by atoms with van der Waals surface area (Å²) in [5, 5.41) is 3.56. The Kier molecular flexibility index (Phi) is 6.07. The number of Topliss-reactive ketones (excluding diaryl/α,β-unsaturated/α-hetero) is 1. The average Bonchev–Trinajstić information content (AvgIpc) is 2.85. The van der Waals surface area contributed by atoms with E-state index in [1.54, 1.807) is 0 Å². The number of anilines is 2. The second kappa shape index (κ2) is 8.62. The molecule has 1 aliphatic heterocycles. The van der Waals surface area contributed by atoms with E-state index in [9.17, 15) is 9.59 Å². The van der Waals surface area contributed by atoms with Gasteiger partial charge in [-0.05, 0) is 48.1 Å². The first-order valence-corrected chi connectivity index (χ1v) is 11.8. The van der Waals surface area contributed by atoms with Gasteiger partial charge < -0.3 is 5.32 Å². The molecule has 4 nitrogen and oxygen atoms in total. The van der Waals surface area contributed by atoms with E-state index >= 15 is 0 Å². The second-order valence-electron chi connectivity index (χ2n) is 9.30. The van der Waals surface area contributed by atoms with E-state index in [-0.39, 0.29) is 17.1 Å². The van der Waals surface area contributed by atoms with E-state index in [0.29, 0.717) is 12.8 Å². The van der Waals surface area contributed by atoms with Gasteiger partial charge in [0.05, 0.1) is 17.4 Å². The van der Waals surface area contributed by atoms with Crippen molar-refractivity contribution in [3.05, 3.63) is 69.8 Å². The number of hydrogen-bond acceptors (Lipinski definition) is 3. The molecule has 162 valence electrons. The van der Waals surface area contributed by atoms with Crippen LogP contribution in [0.4, 0.5) is 11.4 Å². The molecule has 2 aliphatic rings. The van der Waals surface area contributed by atoms with Crippen molar-refractivity contribution >= 4 is 39.0 Å². The normalized spacial score (nSPS) is 19.9. The van der Waals surface area contributed by atoms with Gasteiger partial charge in [-0.15, -0.1) is 0 Å². The number of nitrogens with zero attached hydrogens (tertiary/aromatic N) is 1. The van der Waals surface area contributed by atoms with Crippen LogP contribution < -0.4 is 10.2 Å². The number of nitrogens with one attached hydrogen (secondary N) is 1. The Morgan fingerprint density at radius 2 is 1.94 bits per heavy atom. The molecule has 31 heavy (non-hydrogen) atoms. The van der Waals surface area contributed by atoms with E-state index < -0.39 is 6.04 Å². The third-order valence-electron chi connectivity index (χ3n) is 6.08. The molecule has 1 heterocycles. The standard InChI is InChI=1S/C26H29BrN2O2/c1-4-5-13-23(31)29-21-12-7-6-11-19(21)28-20-15-26(2,3)16-22(30)24(20)25(29)17-9-8-10-18(27)14-17/h6-12,14,25,28H,4-5,13,15-16H2,1-3H3/t25-/m1/s1. The van der Waals surface area contributed by atoms with Crippen molar-refractivity contribution in [2.75, 3.05) is 10.2 Å². The van der Waals surface area contributed by atoms with Gasteiger partial charge in [0.2, 0.25) is 5.91 Å². The molecule has 2 aromatic carbocycles. The SMILES string of the molecule is CCCCC(=O)N1c2ccccc2NC2=C(C(=O)CC(C)(C)C2)[C@H]1c1cccc(Br)c1. The number of allylic oxidation sites excluding steroid dienone is 1. The molecule has 2 aromatic rings. The lowest BCUT2D eigenvalue weighted by molar-refractivity contribution is -0.119. The number of benzene rings is 2. The van der Waals surface area contributed by atoms with Crippen LogP contribution in [-0.2, 0) is 9.59 Å². The number of fused-ring (bicyclic) bond motifs is 1. The van der Waals surface area contributed by atoms with Gasteiger partial charge in [0.1, 0.15) is 0 Å². The number of halogens is 1. The molecule has 0 saturated heterocycles. The highest BCUT2D eigenvalue weighted by molar-refractivity contribution is 9.10. The number of para-hydroxylation sites is 2. The van der Waals surface area contributed by atoms with Gasteiger partial charge >= 0.3 is 0 Å². The van der Waals surface area contributed by atoms with Crippen molar-refractivity contribution in [3.8, 4) is 0 Å². The third-order valence-corrected chi connectivity index (χ3v) is 6.57. The minimum Gasteiger partial charge on any atom is -0.357 e. The predicted octanol–water partition coefficient (Wildman–Crippen LogP) is 6.78. The maximum Gasteiger partial charge on any atom is 0.227 e. The Hall–Kier alpha value is -2.40. The van der Waals surface area contributed by atoms with Gasteiger partial charge in [-0.25, -0.2) is 0 Å². The monoisotopic (exact) mass is 480 g/mol.